The van der Waals surface area contributed by atoms with Crippen molar-refractivity contribution in [2.75, 3.05) is 6.54 Å². The molecule has 0 radical (unpaired) electrons. The molecule has 1 aliphatic carbocycles. The topological polar surface area (TPSA) is 12.0 Å². The largest absolute Gasteiger partial charge is 0.303 e. The molecule has 1 fully saturated rings. The lowest BCUT2D eigenvalue weighted by Crippen LogP contribution is -2.27. The molecule has 0 aliphatic heterocycles. The van der Waals surface area contributed by atoms with Crippen LogP contribution in [0, 0.1) is 17.8 Å². The van der Waals surface area contributed by atoms with Crippen LogP contribution < -0.4 is 5.32 Å². The molecule has 62 valence electrons. The Bertz CT molecular complexity index is 164. The Morgan fingerprint density at radius 2 is 2.36 bits per heavy atom. The lowest BCUT2D eigenvalue weighted by atomic mass is 9.92. The van der Waals surface area contributed by atoms with Crippen molar-refractivity contribution in [1.29, 1.82) is 0 Å². The van der Waals surface area contributed by atoms with Gasteiger partial charge in [0.05, 0.1) is 6.54 Å². The first-order valence-corrected chi connectivity index (χ1v) is 4.31. The zero-order valence-electron chi connectivity index (χ0n) is 7.48. The molecule has 1 heteroatoms. The molecule has 1 saturated carbocycles. The van der Waals surface area contributed by atoms with Gasteiger partial charge in [0.2, 0.25) is 0 Å². The Morgan fingerprint density at radius 1 is 1.64 bits per heavy atom. The van der Waals surface area contributed by atoms with Crippen LogP contribution in [0.3, 0.4) is 0 Å². The van der Waals surface area contributed by atoms with Crippen molar-refractivity contribution in [2.45, 2.75) is 39.2 Å². The van der Waals surface area contributed by atoms with Gasteiger partial charge >= 0.3 is 0 Å². The third-order valence-corrected chi connectivity index (χ3v) is 2.46. The fourth-order valence-electron chi connectivity index (χ4n) is 1.81. The molecule has 0 aromatic rings. The Kier molecular flexibility index (Phi) is 2.57. The SMILES string of the molecule is C#CCNC1CCC(C)(C)C1. The molecule has 0 heterocycles. The number of hydrogen-bond donors (Lipinski definition) is 1. The molecule has 0 aromatic heterocycles. The summed E-state index contributed by atoms with van der Waals surface area (Å²) >= 11 is 0. The summed E-state index contributed by atoms with van der Waals surface area (Å²) < 4.78 is 0. The van der Waals surface area contributed by atoms with Crippen LogP contribution in [0.25, 0.3) is 0 Å². The van der Waals surface area contributed by atoms with Crippen molar-refractivity contribution in [1.82, 2.24) is 5.32 Å². The van der Waals surface area contributed by atoms with E-state index in [-0.39, 0.29) is 0 Å². The maximum atomic E-state index is 5.16. The molecule has 11 heavy (non-hydrogen) atoms. The van der Waals surface area contributed by atoms with Crippen LogP contribution in [0.1, 0.15) is 33.1 Å². The van der Waals surface area contributed by atoms with Gasteiger partial charge < -0.3 is 5.32 Å². The van der Waals surface area contributed by atoms with E-state index in [1.54, 1.807) is 0 Å². The van der Waals surface area contributed by atoms with E-state index in [0.717, 1.165) is 6.54 Å². The Labute approximate surface area is 69.6 Å². The van der Waals surface area contributed by atoms with Crippen molar-refractivity contribution in [3.63, 3.8) is 0 Å². The van der Waals surface area contributed by atoms with E-state index in [9.17, 15) is 0 Å². The van der Waals surface area contributed by atoms with Crippen LogP contribution in [0.5, 0.6) is 0 Å². The highest BCUT2D eigenvalue weighted by molar-refractivity contribution is 4.92. The van der Waals surface area contributed by atoms with E-state index in [2.05, 4.69) is 25.1 Å². The molecule has 1 nitrogen and oxygen atoms in total. The molecule has 0 spiro atoms. The van der Waals surface area contributed by atoms with Crippen molar-refractivity contribution in [3.05, 3.63) is 0 Å². The monoisotopic (exact) mass is 151 g/mol. The molecule has 1 N–H and O–H groups in total. The van der Waals surface area contributed by atoms with Crippen LogP contribution in [-0.4, -0.2) is 12.6 Å². The second-order valence-corrected chi connectivity index (χ2v) is 4.19. The summed E-state index contributed by atoms with van der Waals surface area (Å²) in [6.45, 7) is 5.37. The van der Waals surface area contributed by atoms with Crippen LogP contribution in [0.4, 0.5) is 0 Å². The lowest BCUT2D eigenvalue weighted by Gasteiger charge is -2.16. The zero-order valence-corrected chi connectivity index (χ0v) is 7.48. The van der Waals surface area contributed by atoms with Gasteiger partial charge in [0.1, 0.15) is 0 Å². The van der Waals surface area contributed by atoms with Gasteiger partial charge in [-0.1, -0.05) is 19.8 Å². The van der Waals surface area contributed by atoms with Crippen LogP contribution in [0.15, 0.2) is 0 Å². The highest BCUT2D eigenvalue weighted by Crippen LogP contribution is 2.36. The minimum Gasteiger partial charge on any atom is -0.303 e. The van der Waals surface area contributed by atoms with Crippen LogP contribution >= 0.6 is 0 Å². The fraction of sp³-hybridized carbons (Fsp3) is 0.800. The maximum absolute atomic E-state index is 5.16. The van der Waals surface area contributed by atoms with Gasteiger partial charge in [-0.2, -0.15) is 0 Å². The van der Waals surface area contributed by atoms with E-state index in [4.69, 9.17) is 6.42 Å². The van der Waals surface area contributed by atoms with Crippen molar-refractivity contribution in [3.8, 4) is 12.3 Å². The maximum Gasteiger partial charge on any atom is 0.0575 e. The summed E-state index contributed by atoms with van der Waals surface area (Å²) in [5, 5.41) is 3.35. The van der Waals surface area contributed by atoms with E-state index in [1.165, 1.54) is 19.3 Å². The summed E-state index contributed by atoms with van der Waals surface area (Å²) in [5.74, 6) is 2.61. The summed E-state index contributed by atoms with van der Waals surface area (Å²) in [7, 11) is 0. The molecule has 1 aliphatic rings. The first-order valence-electron chi connectivity index (χ1n) is 4.31. The third-order valence-electron chi connectivity index (χ3n) is 2.46. The molecule has 0 amide bonds. The molecule has 0 bridgehead atoms. The second-order valence-electron chi connectivity index (χ2n) is 4.19. The molecule has 1 rings (SSSR count). The van der Waals surface area contributed by atoms with Crippen molar-refractivity contribution >= 4 is 0 Å². The average molecular weight is 151 g/mol. The van der Waals surface area contributed by atoms with E-state index in [1.807, 2.05) is 0 Å². The van der Waals surface area contributed by atoms with Gasteiger partial charge in [0, 0.05) is 6.04 Å². The molecule has 0 saturated heterocycles. The van der Waals surface area contributed by atoms with Gasteiger partial charge in [-0.05, 0) is 24.7 Å². The van der Waals surface area contributed by atoms with Crippen molar-refractivity contribution < 1.29 is 0 Å². The quantitative estimate of drug-likeness (QED) is 0.593. The minimum atomic E-state index is 0.534. The molecule has 0 aromatic carbocycles. The summed E-state index contributed by atoms with van der Waals surface area (Å²) in [4.78, 5) is 0. The highest BCUT2D eigenvalue weighted by Gasteiger charge is 2.29. The smallest absolute Gasteiger partial charge is 0.0575 e. The summed E-state index contributed by atoms with van der Waals surface area (Å²) in [5.41, 5.74) is 0.534. The fourth-order valence-corrected chi connectivity index (χ4v) is 1.81. The van der Waals surface area contributed by atoms with Gasteiger partial charge in [-0.3, -0.25) is 0 Å². The standard InChI is InChI=1S/C10H17N/c1-4-7-11-9-5-6-10(2,3)8-9/h1,9,11H,5-8H2,2-3H3. The third kappa shape index (κ3) is 2.55. The van der Waals surface area contributed by atoms with Gasteiger partial charge in [0.25, 0.3) is 0 Å². The van der Waals surface area contributed by atoms with Crippen molar-refractivity contribution in [2.24, 2.45) is 5.41 Å². The highest BCUT2D eigenvalue weighted by atomic mass is 14.9. The Morgan fingerprint density at radius 3 is 2.82 bits per heavy atom. The molecular formula is C10H17N. The van der Waals surface area contributed by atoms with Gasteiger partial charge in [-0.25, -0.2) is 0 Å². The molecule has 1 unspecified atom stereocenters. The van der Waals surface area contributed by atoms with E-state index >= 15 is 0 Å². The van der Waals surface area contributed by atoms with Crippen LogP contribution in [0.2, 0.25) is 0 Å². The van der Waals surface area contributed by atoms with Crippen LogP contribution in [-0.2, 0) is 0 Å². The summed E-state index contributed by atoms with van der Waals surface area (Å²) in [6.07, 6.45) is 9.05. The first-order chi connectivity index (χ1) is 5.14. The number of terminal acetylenes is 1. The molecular weight excluding hydrogens is 134 g/mol. The van der Waals surface area contributed by atoms with Gasteiger partial charge in [0.15, 0.2) is 0 Å². The Hall–Kier alpha value is -0.480. The number of hydrogen-bond acceptors (Lipinski definition) is 1. The van der Waals surface area contributed by atoms with E-state index in [0.29, 0.717) is 11.5 Å². The lowest BCUT2D eigenvalue weighted by molar-refractivity contribution is 0.367. The summed E-state index contributed by atoms with van der Waals surface area (Å²) in [6, 6.07) is 0.668. The normalized spacial score (nSPS) is 28.3. The average Bonchev–Trinajstić information content (AvgIpc) is 2.26. The minimum absolute atomic E-state index is 0.534. The zero-order chi connectivity index (χ0) is 8.32. The number of nitrogens with one attached hydrogen (secondary N) is 1. The second kappa shape index (κ2) is 3.28. The van der Waals surface area contributed by atoms with Gasteiger partial charge in [-0.15, -0.1) is 6.42 Å². The Balaban J connectivity index is 2.26. The van der Waals surface area contributed by atoms with E-state index < -0.39 is 0 Å². The first kappa shape index (κ1) is 8.62. The predicted molar refractivity (Wildman–Crippen MR) is 48.3 cm³/mol. The number of rotatable bonds is 2. The predicted octanol–water partition coefficient (Wildman–Crippen LogP) is 1.79. The molecule has 1 atom stereocenters.